The summed E-state index contributed by atoms with van der Waals surface area (Å²) < 4.78 is 29.8. The molecule has 0 spiro atoms. The van der Waals surface area contributed by atoms with E-state index in [4.69, 9.17) is 23.7 Å². The molecule has 1 fully saturated rings. The molecule has 1 atom stereocenters. The Kier molecular flexibility index (Phi) is 10.1. The molecule has 3 aliphatic rings. The SMILES string of the molecule is COc1cc2cc(c1OC)OCCCC(OCc1ccccc1)CCN1CCC(CCOC2)CC1. The summed E-state index contributed by atoms with van der Waals surface area (Å²) in [4.78, 5) is 2.61. The lowest BCUT2D eigenvalue weighted by Crippen LogP contribution is -2.36. The minimum atomic E-state index is 0.214. The molecule has 3 aliphatic heterocycles. The van der Waals surface area contributed by atoms with Crippen LogP contribution >= 0.6 is 0 Å². The second-order valence-electron chi connectivity index (χ2n) is 9.65. The second kappa shape index (κ2) is 13.7. The molecule has 1 saturated heterocycles. The summed E-state index contributed by atoms with van der Waals surface area (Å²) in [6.07, 6.45) is 6.77. The maximum Gasteiger partial charge on any atom is 0.203 e. The highest BCUT2D eigenvalue weighted by molar-refractivity contribution is 5.53. The molecular formula is C29H41NO5. The van der Waals surface area contributed by atoms with E-state index in [0.29, 0.717) is 37.1 Å². The van der Waals surface area contributed by atoms with Crippen molar-refractivity contribution >= 4 is 0 Å². The molecule has 5 rings (SSSR count). The first-order valence-electron chi connectivity index (χ1n) is 13.1. The van der Waals surface area contributed by atoms with Gasteiger partial charge >= 0.3 is 0 Å². The Balaban J connectivity index is 1.44. The van der Waals surface area contributed by atoms with Gasteiger partial charge in [-0.1, -0.05) is 30.3 Å². The van der Waals surface area contributed by atoms with E-state index in [9.17, 15) is 0 Å². The molecule has 6 nitrogen and oxygen atoms in total. The topological polar surface area (TPSA) is 49.4 Å². The van der Waals surface area contributed by atoms with Crippen molar-refractivity contribution in [2.75, 3.05) is 47.1 Å². The number of fused-ring (bicyclic) bond motifs is 11. The summed E-state index contributed by atoms with van der Waals surface area (Å²) in [5.74, 6) is 2.76. The minimum Gasteiger partial charge on any atom is -0.493 e. The number of rotatable bonds is 5. The first-order valence-corrected chi connectivity index (χ1v) is 13.1. The Morgan fingerprint density at radius 3 is 2.46 bits per heavy atom. The molecule has 6 heteroatoms. The fraction of sp³-hybridized carbons (Fsp3) is 0.586. The minimum absolute atomic E-state index is 0.214. The molecule has 0 amide bonds. The van der Waals surface area contributed by atoms with Crippen LogP contribution in [0.5, 0.6) is 17.2 Å². The van der Waals surface area contributed by atoms with Gasteiger partial charge in [-0.2, -0.15) is 0 Å². The summed E-state index contributed by atoms with van der Waals surface area (Å²) in [5, 5.41) is 0. The van der Waals surface area contributed by atoms with E-state index >= 15 is 0 Å². The number of ether oxygens (including phenoxy) is 5. The van der Waals surface area contributed by atoms with E-state index in [2.05, 4.69) is 29.2 Å². The molecular weight excluding hydrogens is 442 g/mol. The number of piperidine rings is 1. The summed E-state index contributed by atoms with van der Waals surface area (Å²) in [7, 11) is 3.31. The van der Waals surface area contributed by atoms with Crippen LogP contribution in [0.25, 0.3) is 0 Å². The molecule has 1 unspecified atom stereocenters. The van der Waals surface area contributed by atoms with Gasteiger partial charge in [-0.25, -0.2) is 0 Å². The largest absolute Gasteiger partial charge is 0.493 e. The molecule has 3 heterocycles. The van der Waals surface area contributed by atoms with E-state index in [1.165, 1.54) is 31.5 Å². The molecule has 2 aromatic carbocycles. The van der Waals surface area contributed by atoms with Gasteiger partial charge in [0.15, 0.2) is 11.5 Å². The molecule has 4 bridgehead atoms. The Bertz CT molecular complexity index is 882. The molecule has 0 radical (unpaired) electrons. The summed E-state index contributed by atoms with van der Waals surface area (Å²) in [6.45, 7) is 6.03. The Hall–Kier alpha value is -2.28. The van der Waals surface area contributed by atoms with E-state index in [1.807, 2.05) is 18.2 Å². The van der Waals surface area contributed by atoms with Crippen LogP contribution in [-0.4, -0.2) is 58.1 Å². The van der Waals surface area contributed by atoms with Crippen molar-refractivity contribution in [3.63, 3.8) is 0 Å². The third-order valence-corrected chi connectivity index (χ3v) is 7.17. The van der Waals surface area contributed by atoms with Crippen LogP contribution in [0, 0.1) is 5.92 Å². The summed E-state index contributed by atoms with van der Waals surface area (Å²) in [5.41, 5.74) is 2.26. The fourth-order valence-electron chi connectivity index (χ4n) is 5.03. The van der Waals surface area contributed by atoms with E-state index in [-0.39, 0.29) is 6.10 Å². The monoisotopic (exact) mass is 483 g/mol. The molecule has 0 aromatic heterocycles. The molecule has 0 aliphatic carbocycles. The van der Waals surface area contributed by atoms with Crippen molar-refractivity contribution in [1.82, 2.24) is 4.90 Å². The van der Waals surface area contributed by atoms with Gasteiger partial charge in [0.25, 0.3) is 0 Å². The quantitative estimate of drug-likeness (QED) is 0.562. The number of hydrogen-bond acceptors (Lipinski definition) is 6. The first-order chi connectivity index (χ1) is 17.2. The number of nitrogens with zero attached hydrogens (tertiary/aromatic N) is 1. The lowest BCUT2D eigenvalue weighted by molar-refractivity contribution is 0.0162. The third kappa shape index (κ3) is 7.86. The number of benzene rings is 2. The van der Waals surface area contributed by atoms with Crippen LogP contribution in [0.3, 0.4) is 0 Å². The first kappa shape index (κ1) is 25.8. The lowest BCUT2D eigenvalue weighted by atomic mass is 9.93. The van der Waals surface area contributed by atoms with Crippen molar-refractivity contribution in [2.24, 2.45) is 5.92 Å². The van der Waals surface area contributed by atoms with Crippen LogP contribution < -0.4 is 14.2 Å². The molecule has 0 saturated carbocycles. The van der Waals surface area contributed by atoms with Gasteiger partial charge in [-0.05, 0) is 80.8 Å². The predicted molar refractivity (Wildman–Crippen MR) is 137 cm³/mol. The van der Waals surface area contributed by atoms with Crippen LogP contribution in [0.1, 0.15) is 49.7 Å². The zero-order valence-electron chi connectivity index (χ0n) is 21.4. The van der Waals surface area contributed by atoms with Gasteiger partial charge in [0.2, 0.25) is 5.75 Å². The summed E-state index contributed by atoms with van der Waals surface area (Å²) >= 11 is 0. The van der Waals surface area contributed by atoms with E-state index in [1.54, 1.807) is 14.2 Å². The van der Waals surface area contributed by atoms with E-state index < -0.39 is 0 Å². The zero-order chi connectivity index (χ0) is 24.3. The van der Waals surface area contributed by atoms with Crippen molar-refractivity contribution < 1.29 is 23.7 Å². The molecule has 2 aromatic rings. The lowest BCUT2D eigenvalue weighted by Gasteiger charge is -2.33. The van der Waals surface area contributed by atoms with Crippen LogP contribution in [0.4, 0.5) is 0 Å². The fourth-order valence-corrected chi connectivity index (χ4v) is 5.03. The van der Waals surface area contributed by atoms with Gasteiger partial charge in [-0.3, -0.25) is 0 Å². The average molecular weight is 484 g/mol. The Morgan fingerprint density at radius 2 is 1.69 bits per heavy atom. The maximum absolute atomic E-state index is 6.40. The van der Waals surface area contributed by atoms with Crippen molar-refractivity contribution in [3.8, 4) is 17.2 Å². The van der Waals surface area contributed by atoms with Gasteiger partial charge in [0, 0.05) is 13.2 Å². The predicted octanol–water partition coefficient (Wildman–Crippen LogP) is 5.47. The Morgan fingerprint density at radius 1 is 0.886 bits per heavy atom. The highest BCUT2D eigenvalue weighted by Gasteiger charge is 2.21. The number of methoxy groups -OCH3 is 2. The second-order valence-corrected chi connectivity index (χ2v) is 9.65. The maximum atomic E-state index is 6.40. The normalized spacial score (nSPS) is 24.1. The summed E-state index contributed by atoms with van der Waals surface area (Å²) in [6, 6.07) is 14.5. The van der Waals surface area contributed by atoms with Gasteiger partial charge in [0.05, 0.1) is 40.1 Å². The van der Waals surface area contributed by atoms with Crippen LogP contribution in [0.2, 0.25) is 0 Å². The molecule has 0 N–H and O–H groups in total. The zero-order valence-corrected chi connectivity index (χ0v) is 21.4. The van der Waals surface area contributed by atoms with E-state index in [0.717, 1.165) is 50.3 Å². The van der Waals surface area contributed by atoms with Crippen LogP contribution in [-0.2, 0) is 22.7 Å². The van der Waals surface area contributed by atoms with Gasteiger partial charge < -0.3 is 28.6 Å². The Labute approximate surface area is 210 Å². The average Bonchev–Trinajstić information content (AvgIpc) is 2.90. The highest BCUT2D eigenvalue weighted by atomic mass is 16.5. The van der Waals surface area contributed by atoms with Crippen LogP contribution in [0.15, 0.2) is 42.5 Å². The molecule has 192 valence electrons. The molecule has 35 heavy (non-hydrogen) atoms. The van der Waals surface area contributed by atoms with Gasteiger partial charge in [0.1, 0.15) is 0 Å². The standard InChI is InChI=1S/C29H41NO5/c1-31-27-19-25-20-28(29(27)32-2)34-17-6-9-26(35-22-24-7-4-3-5-8-24)12-16-30-14-10-23(11-15-30)13-18-33-21-25/h3-5,7-8,19-20,23,26H,6,9-18,21-22H2,1-2H3. The van der Waals surface area contributed by atoms with Crippen molar-refractivity contribution in [1.29, 1.82) is 0 Å². The highest BCUT2D eigenvalue weighted by Crippen LogP contribution is 2.39. The smallest absolute Gasteiger partial charge is 0.203 e. The van der Waals surface area contributed by atoms with Gasteiger partial charge in [-0.15, -0.1) is 0 Å². The van der Waals surface area contributed by atoms with Crippen molar-refractivity contribution in [2.45, 2.75) is 57.8 Å². The van der Waals surface area contributed by atoms with Crippen molar-refractivity contribution in [3.05, 3.63) is 53.6 Å². The third-order valence-electron chi connectivity index (χ3n) is 7.17. The number of hydrogen-bond donors (Lipinski definition) is 0.